The molecule has 0 amide bonds. The summed E-state index contributed by atoms with van der Waals surface area (Å²) in [5.41, 5.74) is 0. The monoisotopic (exact) mass is 174 g/mol. The van der Waals surface area contributed by atoms with Crippen LogP contribution in [-0.4, -0.2) is 19.5 Å². The van der Waals surface area contributed by atoms with Crippen molar-refractivity contribution in [2.75, 3.05) is 0 Å². The average Bonchev–Trinajstić information content (AvgIpc) is 1.98. The van der Waals surface area contributed by atoms with Crippen molar-refractivity contribution in [3.05, 3.63) is 12.2 Å². The van der Waals surface area contributed by atoms with Crippen LogP contribution in [0.5, 0.6) is 0 Å². The average molecular weight is 174 g/mol. The Labute approximate surface area is 68.7 Å². The van der Waals surface area contributed by atoms with Gasteiger partial charge in [0.2, 0.25) is 0 Å². The molecule has 0 aliphatic heterocycles. The van der Waals surface area contributed by atoms with Crippen LogP contribution in [-0.2, 0) is 4.12 Å². The summed E-state index contributed by atoms with van der Waals surface area (Å²) in [7, 11) is 0.240. The van der Waals surface area contributed by atoms with Gasteiger partial charge in [-0.15, -0.1) is 0 Å². The second-order valence-electron chi connectivity index (χ2n) is 2.55. The first-order chi connectivity index (χ1) is 4.81. The second kappa shape index (κ2) is 7.24. The topological polar surface area (TPSA) is 9.23 Å². The highest BCUT2D eigenvalue weighted by Crippen LogP contribution is 2.01. The molecule has 0 aromatic heterocycles. The van der Waals surface area contributed by atoms with Crippen molar-refractivity contribution in [1.29, 1.82) is 0 Å². The Morgan fingerprint density at radius 1 is 1.60 bits per heavy atom. The Bertz CT molecular complexity index is 93.6. The van der Waals surface area contributed by atoms with E-state index in [1.807, 2.05) is 0 Å². The highest BCUT2D eigenvalue weighted by atomic mass is 28.3. The maximum Gasteiger partial charge on any atom is 0.159 e. The largest absolute Gasteiger partial charge is 0.466 e. The summed E-state index contributed by atoms with van der Waals surface area (Å²) in [5.74, 6) is 0. The van der Waals surface area contributed by atoms with Crippen molar-refractivity contribution in [2.45, 2.75) is 32.4 Å². The maximum atomic E-state index is 5.38. The molecule has 1 nitrogen and oxygen atoms in total. The molecule has 10 heavy (non-hydrogen) atoms. The van der Waals surface area contributed by atoms with E-state index in [0.29, 0.717) is 0 Å². The molecule has 0 aromatic rings. The van der Waals surface area contributed by atoms with E-state index in [-0.39, 0.29) is 0 Å². The van der Waals surface area contributed by atoms with E-state index in [4.69, 9.17) is 4.12 Å². The molecule has 0 fully saturated rings. The lowest BCUT2D eigenvalue weighted by Gasteiger charge is -2.05. The van der Waals surface area contributed by atoms with Crippen molar-refractivity contribution in [3.8, 4) is 0 Å². The Balaban J connectivity index is 3.03. The zero-order chi connectivity index (χ0) is 7.82. The molecule has 0 saturated heterocycles. The summed E-state index contributed by atoms with van der Waals surface area (Å²) in [6, 6.07) is 1.34. The molecular weight excluding hydrogens is 156 g/mol. The van der Waals surface area contributed by atoms with Gasteiger partial charge >= 0.3 is 0 Å². The zero-order valence-corrected chi connectivity index (χ0v) is 10.4. The molecule has 0 N–H and O–H groups in total. The van der Waals surface area contributed by atoms with Gasteiger partial charge in [0.15, 0.2) is 9.04 Å². The first kappa shape index (κ1) is 10.1. The first-order valence-electron chi connectivity index (χ1n) is 3.95. The van der Waals surface area contributed by atoms with Crippen LogP contribution in [0.2, 0.25) is 12.6 Å². The van der Waals surface area contributed by atoms with Crippen molar-refractivity contribution >= 4 is 19.5 Å². The fraction of sp³-hybridized carbons (Fsp3) is 0.714. The Kier molecular flexibility index (Phi) is 7.34. The van der Waals surface area contributed by atoms with Gasteiger partial charge in [0, 0.05) is 0 Å². The molecule has 60 valence electrons. The molecule has 1 unspecified atom stereocenters. The van der Waals surface area contributed by atoms with Gasteiger partial charge in [0.05, 0.1) is 0 Å². The van der Waals surface area contributed by atoms with Crippen LogP contribution in [0.15, 0.2) is 12.2 Å². The fourth-order valence-corrected chi connectivity index (χ4v) is 2.56. The predicted octanol–water partition coefficient (Wildman–Crippen LogP) is 0.993. The Morgan fingerprint density at radius 3 is 2.80 bits per heavy atom. The summed E-state index contributed by atoms with van der Waals surface area (Å²) in [6.45, 7) is 4.35. The van der Waals surface area contributed by atoms with Crippen LogP contribution in [0.1, 0.15) is 19.8 Å². The summed E-state index contributed by atoms with van der Waals surface area (Å²) in [4.78, 5) is 0. The second-order valence-corrected chi connectivity index (χ2v) is 6.63. The lowest BCUT2D eigenvalue weighted by atomic mass is 10.3. The molecule has 0 radical (unpaired) electrons. The number of hydrogen-bond donors (Lipinski definition) is 0. The third-order valence-electron chi connectivity index (χ3n) is 1.62. The fourth-order valence-electron chi connectivity index (χ4n) is 0.808. The lowest BCUT2D eigenvalue weighted by molar-refractivity contribution is 0.629. The first-order valence-corrected chi connectivity index (χ1v) is 7.21. The van der Waals surface area contributed by atoms with Crippen molar-refractivity contribution in [2.24, 2.45) is 0 Å². The van der Waals surface area contributed by atoms with Crippen LogP contribution in [0.4, 0.5) is 0 Å². The molecule has 0 aliphatic rings. The smallest absolute Gasteiger partial charge is 0.159 e. The van der Waals surface area contributed by atoms with Gasteiger partial charge in [-0.3, -0.25) is 0 Å². The minimum atomic E-state index is -0.696. The Hall–Kier alpha value is 0.134. The molecular formula is C7H18OSi2. The summed E-state index contributed by atoms with van der Waals surface area (Å²) in [5, 5.41) is 0. The Morgan fingerprint density at radius 2 is 2.30 bits per heavy atom. The number of hydrogen-bond acceptors (Lipinski definition) is 1. The van der Waals surface area contributed by atoms with E-state index >= 15 is 0 Å². The molecule has 0 aliphatic carbocycles. The third kappa shape index (κ3) is 6.26. The number of rotatable bonds is 5. The van der Waals surface area contributed by atoms with Gasteiger partial charge in [-0.2, -0.15) is 0 Å². The van der Waals surface area contributed by atoms with E-state index in [1.165, 1.54) is 18.9 Å². The zero-order valence-electron chi connectivity index (χ0n) is 7.26. The van der Waals surface area contributed by atoms with Crippen LogP contribution < -0.4 is 0 Å². The minimum Gasteiger partial charge on any atom is -0.466 e. The lowest BCUT2D eigenvalue weighted by Crippen LogP contribution is -2.09. The molecule has 3 heteroatoms. The maximum absolute atomic E-state index is 5.38. The number of unbranched alkanes of at least 4 members (excludes halogenated alkanes) is 1. The van der Waals surface area contributed by atoms with Crippen molar-refractivity contribution in [3.63, 3.8) is 0 Å². The summed E-state index contributed by atoms with van der Waals surface area (Å²) in [6.07, 6.45) is 6.90. The van der Waals surface area contributed by atoms with Crippen LogP contribution >= 0.6 is 0 Å². The van der Waals surface area contributed by atoms with Crippen molar-refractivity contribution < 1.29 is 4.12 Å². The molecule has 1 atom stereocenters. The quantitative estimate of drug-likeness (QED) is 0.343. The van der Waals surface area contributed by atoms with Crippen LogP contribution in [0.25, 0.3) is 0 Å². The highest BCUT2D eigenvalue weighted by molar-refractivity contribution is 6.54. The van der Waals surface area contributed by atoms with Gasteiger partial charge in [0.25, 0.3) is 0 Å². The molecule has 0 spiro atoms. The van der Waals surface area contributed by atoms with Gasteiger partial charge in [0.1, 0.15) is 10.5 Å². The van der Waals surface area contributed by atoms with Gasteiger partial charge < -0.3 is 4.12 Å². The van der Waals surface area contributed by atoms with E-state index in [9.17, 15) is 0 Å². The normalized spacial score (nSPS) is 14.6. The van der Waals surface area contributed by atoms with E-state index < -0.39 is 9.04 Å². The summed E-state index contributed by atoms with van der Waals surface area (Å²) < 4.78 is 5.38. The van der Waals surface area contributed by atoms with Gasteiger partial charge in [-0.1, -0.05) is 18.6 Å². The van der Waals surface area contributed by atoms with Crippen molar-refractivity contribution in [1.82, 2.24) is 0 Å². The molecule has 0 rings (SSSR count). The molecule has 0 saturated carbocycles. The predicted molar refractivity (Wildman–Crippen MR) is 52.9 cm³/mol. The standard InChI is InChI=1S/C7H18OSi2/c1-3-4-5-6-7-10(2)8-9/h3-4,10H,5-7H2,1-2,9H3. The molecule has 0 aromatic carbocycles. The number of allylic oxidation sites excluding steroid dienone is 2. The highest BCUT2D eigenvalue weighted by Gasteiger charge is 1.98. The van der Waals surface area contributed by atoms with Crippen LogP contribution in [0.3, 0.4) is 0 Å². The summed E-state index contributed by atoms with van der Waals surface area (Å²) >= 11 is 0. The SMILES string of the molecule is CC=CCCC[SiH](C)O[SiH3]. The minimum absolute atomic E-state index is 0.696. The molecule has 0 heterocycles. The van der Waals surface area contributed by atoms with Gasteiger partial charge in [-0.25, -0.2) is 0 Å². The van der Waals surface area contributed by atoms with Crippen LogP contribution in [0, 0.1) is 0 Å². The van der Waals surface area contributed by atoms with Gasteiger partial charge in [-0.05, 0) is 25.9 Å². The van der Waals surface area contributed by atoms with E-state index in [1.54, 1.807) is 0 Å². The third-order valence-corrected chi connectivity index (χ3v) is 6.06. The molecule has 0 bridgehead atoms. The van der Waals surface area contributed by atoms with E-state index in [2.05, 4.69) is 25.6 Å². The van der Waals surface area contributed by atoms with E-state index in [0.717, 1.165) is 10.5 Å².